The Hall–Kier alpha value is 0.277. The van der Waals surface area contributed by atoms with Gasteiger partial charge in [0.05, 0.1) is 0 Å². The van der Waals surface area contributed by atoms with Crippen LogP contribution in [0.25, 0.3) is 0 Å². The Balaban J connectivity index is 0.00000200. The second kappa shape index (κ2) is 5.58. The molecule has 0 amide bonds. The molecule has 2 aliphatic carbocycles. The third-order valence-corrected chi connectivity index (χ3v) is 13.0. The molecule has 3 heteroatoms. The van der Waals surface area contributed by atoms with Gasteiger partial charge in [0.15, 0.2) is 0 Å². The van der Waals surface area contributed by atoms with E-state index in [1.807, 2.05) is 6.56 Å². The third-order valence-electron chi connectivity index (χ3n) is 3.78. The summed E-state index contributed by atoms with van der Waals surface area (Å²) in [5.74, 6) is 0. The average Bonchev–Trinajstić information content (AvgIpc) is 2.83. The molecule has 2 aliphatic rings. The van der Waals surface area contributed by atoms with Gasteiger partial charge in [0.2, 0.25) is 0 Å². The fourth-order valence-electron chi connectivity index (χ4n) is 2.83. The molecule has 19 heavy (non-hydrogen) atoms. The Morgan fingerprint density at radius 3 is 1.47 bits per heavy atom. The first kappa shape index (κ1) is 15.7. The summed E-state index contributed by atoms with van der Waals surface area (Å²) in [5, 5.41) is 3.57. The molecule has 0 spiro atoms. The first-order chi connectivity index (χ1) is 8.69. The maximum atomic E-state index is 2.50. The summed E-state index contributed by atoms with van der Waals surface area (Å²) in [6.45, 7) is 15.0. The van der Waals surface area contributed by atoms with Gasteiger partial charge in [-0.15, -0.1) is 0 Å². The maximum Gasteiger partial charge on any atom is -1.00 e. The molecule has 0 radical (unpaired) electrons. The van der Waals surface area contributed by atoms with Crippen LogP contribution in [0.3, 0.4) is 0 Å². The molecule has 0 aromatic rings. The van der Waals surface area contributed by atoms with Crippen LogP contribution in [0.2, 0.25) is 39.3 Å². The van der Waals surface area contributed by atoms with Gasteiger partial charge in [-0.1, -0.05) is 0 Å². The van der Waals surface area contributed by atoms with Crippen LogP contribution in [-0.2, 0) is 23.2 Å². The minimum absolute atomic E-state index is 0. The molecule has 0 N–H and O–H groups in total. The zero-order valence-electron chi connectivity index (χ0n) is 15.2. The van der Waals surface area contributed by atoms with Gasteiger partial charge in [0.25, 0.3) is 0 Å². The average molecular weight is 368 g/mol. The van der Waals surface area contributed by atoms with Crippen LogP contribution >= 0.6 is 0 Å². The van der Waals surface area contributed by atoms with E-state index >= 15 is 0 Å². The molecule has 0 aliphatic heterocycles. The molecule has 0 unspecified atom stereocenters. The van der Waals surface area contributed by atoms with Crippen molar-refractivity contribution < 1.29 is 26.1 Å². The van der Waals surface area contributed by atoms with E-state index in [4.69, 9.17) is 0 Å². The second-order valence-electron chi connectivity index (χ2n) is 7.62. The Kier molecular flexibility index (Phi) is 4.60. The summed E-state index contributed by atoms with van der Waals surface area (Å²) in [6, 6.07) is 0. The summed E-state index contributed by atoms with van der Waals surface area (Å²) < 4.78 is 3.77. The van der Waals surface area contributed by atoms with Crippen molar-refractivity contribution in [3.8, 4) is 0 Å². The van der Waals surface area contributed by atoms with Gasteiger partial charge in [0.1, 0.15) is 0 Å². The number of hydrogen-bond donors (Lipinski definition) is 0. The SMILES string of the molecule is C[Si](C)(C)C1=[C]([Zr][C]2=C([Si](C)(C)C)C=CC2)CC=C1.[H-].[H-]. The smallest absolute Gasteiger partial charge is 1.00 e. The molecule has 0 fully saturated rings. The van der Waals surface area contributed by atoms with E-state index in [0.29, 0.717) is 0 Å². The molecule has 0 aromatic carbocycles. The molecule has 0 aromatic heterocycles. The molecule has 0 heterocycles. The summed E-state index contributed by atoms with van der Waals surface area (Å²) in [6.07, 6.45) is 12.3. The number of allylic oxidation sites excluding steroid dienone is 8. The topological polar surface area (TPSA) is 0 Å². The van der Waals surface area contributed by atoms with E-state index in [1.165, 1.54) is 12.8 Å². The molecule has 0 saturated carbocycles. The van der Waals surface area contributed by atoms with Gasteiger partial charge < -0.3 is 2.85 Å². The van der Waals surface area contributed by atoms with E-state index in [1.54, 1.807) is 10.4 Å². The molecule has 0 atom stereocenters. The second-order valence-corrected chi connectivity index (χ2v) is 21.3. The molecule has 106 valence electrons. The van der Waals surface area contributed by atoms with E-state index in [-0.39, 0.29) is 2.85 Å². The predicted octanol–water partition coefficient (Wildman–Crippen LogP) is 5.48. The summed E-state index contributed by atoms with van der Waals surface area (Å²) >= 11 is -0.505. The quantitative estimate of drug-likeness (QED) is 0.577. The van der Waals surface area contributed by atoms with Crippen molar-refractivity contribution in [1.29, 1.82) is 0 Å². The van der Waals surface area contributed by atoms with Crippen molar-refractivity contribution in [3.05, 3.63) is 41.3 Å². The van der Waals surface area contributed by atoms with Gasteiger partial charge >= 0.3 is 133 Å². The van der Waals surface area contributed by atoms with E-state index < -0.39 is 39.4 Å². The van der Waals surface area contributed by atoms with Crippen LogP contribution in [0.4, 0.5) is 0 Å². The summed E-state index contributed by atoms with van der Waals surface area (Å²) in [4.78, 5) is 0. The molecular formula is C16H28Si2Zr-2. The van der Waals surface area contributed by atoms with Gasteiger partial charge in [0, 0.05) is 0 Å². The van der Waals surface area contributed by atoms with Crippen LogP contribution < -0.4 is 0 Å². The largest absolute Gasteiger partial charge is 1.00 e. The van der Waals surface area contributed by atoms with Crippen molar-refractivity contribution in [1.82, 2.24) is 0 Å². The normalized spacial score (nSPS) is 19.9. The molecule has 0 saturated heterocycles. The predicted molar refractivity (Wildman–Crippen MR) is 90.5 cm³/mol. The monoisotopic (exact) mass is 366 g/mol. The van der Waals surface area contributed by atoms with Crippen molar-refractivity contribution in [2.24, 2.45) is 0 Å². The first-order valence-electron chi connectivity index (χ1n) is 7.27. The van der Waals surface area contributed by atoms with Crippen LogP contribution in [-0.4, -0.2) is 16.1 Å². The molecule has 0 nitrogen and oxygen atoms in total. The van der Waals surface area contributed by atoms with Crippen LogP contribution in [0.15, 0.2) is 41.3 Å². The fourth-order valence-corrected chi connectivity index (χ4v) is 15.4. The zero-order chi connectivity index (χ0) is 14.3. The summed E-state index contributed by atoms with van der Waals surface area (Å²) in [7, 11) is -2.25. The van der Waals surface area contributed by atoms with Crippen LogP contribution in [0, 0.1) is 0 Å². The number of hydrogen-bond acceptors (Lipinski definition) is 0. The molecule has 2 rings (SSSR count). The van der Waals surface area contributed by atoms with E-state index in [9.17, 15) is 0 Å². The Labute approximate surface area is 135 Å². The van der Waals surface area contributed by atoms with E-state index in [0.717, 1.165) is 0 Å². The van der Waals surface area contributed by atoms with Crippen molar-refractivity contribution in [3.63, 3.8) is 0 Å². The standard InChI is InChI=1S/2C8H13Si.Zr.2H/c2*1-9(2,3)8-6-4-5-7-8;;;/h2*4,6H,5H2,1-3H3;;;/q;;;2*-1. The Morgan fingerprint density at radius 1 is 0.789 bits per heavy atom. The van der Waals surface area contributed by atoms with Crippen molar-refractivity contribution in [2.45, 2.75) is 52.1 Å². The summed E-state index contributed by atoms with van der Waals surface area (Å²) in [5.41, 5.74) is 0. The van der Waals surface area contributed by atoms with Crippen LogP contribution in [0.5, 0.6) is 0 Å². The van der Waals surface area contributed by atoms with Gasteiger partial charge in [-0.2, -0.15) is 0 Å². The number of rotatable bonds is 4. The fraction of sp³-hybridized carbons (Fsp3) is 0.500. The van der Waals surface area contributed by atoms with Crippen LogP contribution in [0.1, 0.15) is 15.7 Å². The third kappa shape index (κ3) is 3.68. The zero-order valence-corrected chi connectivity index (χ0v) is 17.7. The maximum absolute atomic E-state index is 2.50. The van der Waals surface area contributed by atoms with Gasteiger partial charge in [-0.3, -0.25) is 0 Å². The van der Waals surface area contributed by atoms with E-state index in [2.05, 4.69) is 63.6 Å². The minimum atomic E-state index is -1.12. The van der Waals surface area contributed by atoms with Gasteiger partial charge in [-0.05, 0) is 0 Å². The van der Waals surface area contributed by atoms with Crippen molar-refractivity contribution in [2.75, 3.05) is 0 Å². The minimum Gasteiger partial charge on any atom is -1.00 e. The molecular weight excluding hydrogens is 340 g/mol. The Bertz CT molecular complexity index is 457. The first-order valence-corrected chi connectivity index (χ1v) is 16.7. The van der Waals surface area contributed by atoms with Crippen molar-refractivity contribution >= 4 is 16.1 Å². The molecule has 0 bridgehead atoms. The Morgan fingerprint density at radius 2 is 1.16 bits per heavy atom. The van der Waals surface area contributed by atoms with Gasteiger partial charge in [-0.25, -0.2) is 0 Å².